The van der Waals surface area contributed by atoms with Gasteiger partial charge in [-0.3, -0.25) is 9.48 Å². The van der Waals surface area contributed by atoms with E-state index in [2.05, 4.69) is 29.4 Å². The molecular weight excluding hydrogens is 358 g/mol. The molecule has 0 aliphatic carbocycles. The molecule has 0 aliphatic heterocycles. The number of benzene rings is 1. The first kappa shape index (κ1) is 19.3. The largest absolute Gasteiger partial charge is 0.476 e. The van der Waals surface area contributed by atoms with Crippen molar-refractivity contribution in [1.29, 1.82) is 0 Å². The van der Waals surface area contributed by atoms with Gasteiger partial charge in [-0.25, -0.2) is 9.48 Å². The average molecular weight is 381 g/mol. The van der Waals surface area contributed by atoms with Crippen LogP contribution in [0.15, 0.2) is 42.6 Å². The number of nitrogens with zero attached hydrogens (tertiary/aromatic N) is 4. The number of carbonyl (C=O) groups is 2. The van der Waals surface area contributed by atoms with Gasteiger partial charge in [0.15, 0.2) is 11.4 Å². The van der Waals surface area contributed by atoms with Crippen molar-refractivity contribution in [3.63, 3.8) is 0 Å². The molecule has 8 nitrogen and oxygen atoms in total. The fraction of sp³-hybridized carbons (Fsp3) is 0.300. The Balaban J connectivity index is 1.87. The molecular formula is C20H23N5O3. The molecule has 2 N–H and O–H groups in total. The number of hydrogen-bond acceptors (Lipinski definition) is 4. The molecule has 0 aliphatic rings. The first-order valence-corrected chi connectivity index (χ1v) is 9.20. The van der Waals surface area contributed by atoms with Gasteiger partial charge in [0.05, 0.1) is 17.4 Å². The Hall–Kier alpha value is -3.42. The average Bonchev–Trinajstić information content (AvgIpc) is 3.31. The van der Waals surface area contributed by atoms with Crippen LogP contribution in [-0.4, -0.2) is 36.5 Å². The molecule has 2 aromatic heterocycles. The maximum absolute atomic E-state index is 12.8. The number of carbonyl (C=O) groups excluding carboxylic acids is 1. The van der Waals surface area contributed by atoms with Crippen molar-refractivity contribution in [3.8, 4) is 5.69 Å². The number of aromatic nitrogens is 4. The van der Waals surface area contributed by atoms with Crippen LogP contribution in [0.4, 0.5) is 5.69 Å². The highest BCUT2D eigenvalue weighted by Gasteiger charge is 2.18. The summed E-state index contributed by atoms with van der Waals surface area (Å²) in [5.74, 6) is -1.44. The summed E-state index contributed by atoms with van der Waals surface area (Å²) >= 11 is 0. The zero-order chi connectivity index (χ0) is 20.3. The molecule has 0 saturated heterocycles. The van der Waals surface area contributed by atoms with Gasteiger partial charge in [0.1, 0.15) is 0 Å². The molecule has 0 saturated carbocycles. The normalized spacial score (nSPS) is 11.0. The van der Waals surface area contributed by atoms with Gasteiger partial charge in [0, 0.05) is 11.9 Å². The van der Waals surface area contributed by atoms with Crippen LogP contribution in [0.2, 0.25) is 0 Å². The highest BCUT2D eigenvalue weighted by atomic mass is 16.4. The molecule has 1 aromatic carbocycles. The summed E-state index contributed by atoms with van der Waals surface area (Å²) in [5.41, 5.74) is 2.29. The topological polar surface area (TPSA) is 102 Å². The van der Waals surface area contributed by atoms with Crippen molar-refractivity contribution in [3.05, 3.63) is 59.7 Å². The molecule has 0 atom stereocenters. The second kappa shape index (κ2) is 8.08. The standard InChI is InChI=1S/C20H23N5O3/c1-4-14(5-2)25-13(3)12-17(23-25)19(26)21-15-8-6-7-9-18(15)24-11-10-16(22-24)20(27)28/h6-12,14H,4-5H2,1-3H3,(H,21,26)(H,27,28). The van der Waals surface area contributed by atoms with Crippen LogP contribution in [-0.2, 0) is 0 Å². The number of nitrogens with one attached hydrogen (secondary N) is 1. The number of para-hydroxylation sites is 2. The van der Waals surface area contributed by atoms with Crippen molar-refractivity contribution in [2.75, 3.05) is 5.32 Å². The Morgan fingerprint density at radius 1 is 1.11 bits per heavy atom. The third-order valence-corrected chi connectivity index (χ3v) is 4.65. The molecule has 8 heteroatoms. The van der Waals surface area contributed by atoms with Gasteiger partial charge < -0.3 is 10.4 Å². The molecule has 0 spiro atoms. The van der Waals surface area contributed by atoms with Crippen LogP contribution in [0, 0.1) is 6.92 Å². The molecule has 0 radical (unpaired) electrons. The number of hydrogen-bond donors (Lipinski definition) is 2. The molecule has 2 heterocycles. The second-order valence-electron chi connectivity index (χ2n) is 6.51. The minimum Gasteiger partial charge on any atom is -0.476 e. The van der Waals surface area contributed by atoms with Gasteiger partial charge in [0.25, 0.3) is 5.91 Å². The van der Waals surface area contributed by atoms with Crippen molar-refractivity contribution in [1.82, 2.24) is 19.6 Å². The third-order valence-electron chi connectivity index (χ3n) is 4.65. The lowest BCUT2D eigenvalue weighted by Gasteiger charge is -2.14. The molecule has 28 heavy (non-hydrogen) atoms. The maximum atomic E-state index is 12.8. The predicted octanol–water partition coefficient (Wildman–Crippen LogP) is 3.69. The zero-order valence-electron chi connectivity index (χ0n) is 16.1. The maximum Gasteiger partial charge on any atom is 0.356 e. The molecule has 3 aromatic rings. The van der Waals surface area contributed by atoms with Crippen LogP contribution in [0.1, 0.15) is 59.4 Å². The molecule has 3 rings (SSSR count). The van der Waals surface area contributed by atoms with Gasteiger partial charge >= 0.3 is 5.97 Å². The van der Waals surface area contributed by atoms with E-state index < -0.39 is 5.97 Å². The van der Waals surface area contributed by atoms with E-state index in [9.17, 15) is 9.59 Å². The van der Waals surface area contributed by atoms with E-state index in [0.717, 1.165) is 18.5 Å². The summed E-state index contributed by atoms with van der Waals surface area (Å²) in [7, 11) is 0. The van der Waals surface area contributed by atoms with Crippen LogP contribution in [0.5, 0.6) is 0 Å². The van der Waals surface area contributed by atoms with E-state index >= 15 is 0 Å². The predicted molar refractivity (Wildman–Crippen MR) is 105 cm³/mol. The van der Waals surface area contributed by atoms with E-state index in [4.69, 9.17) is 5.11 Å². The molecule has 0 fully saturated rings. The minimum atomic E-state index is -1.11. The second-order valence-corrected chi connectivity index (χ2v) is 6.51. The SMILES string of the molecule is CCC(CC)n1nc(C(=O)Nc2ccccc2-n2ccc(C(=O)O)n2)cc1C. The highest BCUT2D eigenvalue weighted by molar-refractivity contribution is 6.04. The van der Waals surface area contributed by atoms with Crippen LogP contribution < -0.4 is 5.32 Å². The number of carboxylic acid groups (broad SMARTS) is 1. The summed E-state index contributed by atoms with van der Waals surface area (Å²) in [6, 6.07) is 10.5. The van der Waals surface area contributed by atoms with Crippen molar-refractivity contribution < 1.29 is 14.7 Å². The molecule has 0 bridgehead atoms. The van der Waals surface area contributed by atoms with Crippen molar-refractivity contribution in [2.24, 2.45) is 0 Å². The van der Waals surface area contributed by atoms with Crippen molar-refractivity contribution >= 4 is 17.6 Å². The first-order valence-electron chi connectivity index (χ1n) is 9.20. The molecule has 146 valence electrons. The monoisotopic (exact) mass is 381 g/mol. The van der Waals surface area contributed by atoms with Crippen LogP contribution >= 0.6 is 0 Å². The van der Waals surface area contributed by atoms with Gasteiger partial charge in [0.2, 0.25) is 0 Å². The number of rotatable bonds is 7. The van der Waals surface area contributed by atoms with Gasteiger partial charge in [-0.1, -0.05) is 26.0 Å². The summed E-state index contributed by atoms with van der Waals surface area (Å²) in [6.45, 7) is 6.13. The summed E-state index contributed by atoms with van der Waals surface area (Å²) < 4.78 is 3.32. The molecule has 1 amide bonds. The Morgan fingerprint density at radius 3 is 2.46 bits per heavy atom. The van der Waals surface area contributed by atoms with E-state index in [-0.39, 0.29) is 17.6 Å². The van der Waals surface area contributed by atoms with E-state index in [1.54, 1.807) is 36.5 Å². The summed E-state index contributed by atoms with van der Waals surface area (Å²) in [4.78, 5) is 23.8. The number of aromatic carboxylic acids is 1. The van der Waals surface area contributed by atoms with E-state index in [1.807, 2.05) is 11.6 Å². The summed E-state index contributed by atoms with van der Waals surface area (Å²) in [5, 5.41) is 20.4. The Bertz CT molecular complexity index is 1000. The number of carboxylic acids is 1. The minimum absolute atomic E-state index is 0.0688. The van der Waals surface area contributed by atoms with Gasteiger partial charge in [-0.15, -0.1) is 0 Å². The summed E-state index contributed by atoms with van der Waals surface area (Å²) in [6.07, 6.45) is 3.42. The number of aryl methyl sites for hydroxylation is 1. The van der Waals surface area contributed by atoms with Crippen LogP contribution in [0.3, 0.4) is 0 Å². The lowest BCUT2D eigenvalue weighted by Crippen LogP contribution is -2.16. The fourth-order valence-electron chi connectivity index (χ4n) is 3.14. The van der Waals surface area contributed by atoms with E-state index in [0.29, 0.717) is 17.1 Å². The van der Waals surface area contributed by atoms with E-state index in [1.165, 1.54) is 10.7 Å². The van der Waals surface area contributed by atoms with Crippen molar-refractivity contribution in [2.45, 2.75) is 39.7 Å². The lowest BCUT2D eigenvalue weighted by molar-refractivity contribution is 0.0689. The molecule has 0 unspecified atom stereocenters. The first-order chi connectivity index (χ1) is 13.4. The lowest BCUT2D eigenvalue weighted by atomic mass is 10.2. The number of anilines is 1. The van der Waals surface area contributed by atoms with Gasteiger partial charge in [-0.05, 0) is 44.0 Å². The Kier molecular flexibility index (Phi) is 5.58. The smallest absolute Gasteiger partial charge is 0.356 e. The Labute approximate surface area is 162 Å². The Morgan fingerprint density at radius 2 is 1.82 bits per heavy atom. The third kappa shape index (κ3) is 3.80. The number of amides is 1. The van der Waals surface area contributed by atoms with Gasteiger partial charge in [-0.2, -0.15) is 10.2 Å². The highest BCUT2D eigenvalue weighted by Crippen LogP contribution is 2.22. The van der Waals surface area contributed by atoms with Crippen LogP contribution in [0.25, 0.3) is 5.69 Å². The quantitative estimate of drug-likeness (QED) is 0.650. The fourth-order valence-corrected chi connectivity index (χ4v) is 3.14. The zero-order valence-corrected chi connectivity index (χ0v) is 16.1.